The zero-order valence-corrected chi connectivity index (χ0v) is 15.7. The summed E-state index contributed by atoms with van der Waals surface area (Å²) in [6.07, 6.45) is 9.23. The van der Waals surface area contributed by atoms with Crippen LogP contribution in [0.25, 0.3) is 0 Å². The maximum Gasteiger partial charge on any atom is 0.261 e. The lowest BCUT2D eigenvalue weighted by Crippen LogP contribution is -2.61. The molecular formula is C23H27NO3. The first kappa shape index (κ1) is 16.9. The summed E-state index contributed by atoms with van der Waals surface area (Å²) >= 11 is 0. The Kier molecular flexibility index (Phi) is 4.22. The number of benzene rings is 1. The van der Waals surface area contributed by atoms with Gasteiger partial charge in [0.25, 0.3) is 5.91 Å². The molecule has 0 saturated heterocycles. The molecule has 4 aliphatic carbocycles. The minimum absolute atomic E-state index is 0.00132. The Morgan fingerprint density at radius 1 is 1.00 bits per heavy atom. The standard InChI is InChI=1S/C23H27NO3/c25-22(16-27-20-5-2-1-3-6-20)24(15-21-7-4-8-26-21)23-12-17-9-18(13-23)11-19(10-17)14-23/h1-8,17-19H,9-16H2. The van der Waals surface area contributed by atoms with Crippen LogP contribution in [0.2, 0.25) is 0 Å². The number of carbonyl (C=O) groups is 1. The van der Waals surface area contributed by atoms with Gasteiger partial charge in [0.2, 0.25) is 0 Å². The van der Waals surface area contributed by atoms with Crippen molar-refractivity contribution in [2.75, 3.05) is 6.61 Å². The highest BCUT2D eigenvalue weighted by atomic mass is 16.5. The number of hydrogen-bond acceptors (Lipinski definition) is 3. The zero-order chi connectivity index (χ0) is 18.3. The second kappa shape index (κ2) is 6.74. The van der Waals surface area contributed by atoms with E-state index < -0.39 is 0 Å². The van der Waals surface area contributed by atoms with Crippen LogP contribution in [0, 0.1) is 17.8 Å². The molecule has 4 saturated carbocycles. The number of ether oxygens (including phenoxy) is 1. The molecule has 4 fully saturated rings. The molecule has 1 heterocycles. The van der Waals surface area contributed by atoms with E-state index in [1.807, 2.05) is 42.5 Å². The van der Waals surface area contributed by atoms with Gasteiger partial charge >= 0.3 is 0 Å². The highest BCUT2D eigenvalue weighted by Gasteiger charge is 2.54. The first-order chi connectivity index (χ1) is 13.2. The fourth-order valence-electron chi connectivity index (χ4n) is 6.21. The Hall–Kier alpha value is -2.23. The minimum Gasteiger partial charge on any atom is -0.484 e. The first-order valence-electron chi connectivity index (χ1n) is 10.2. The predicted octanol–water partition coefficient (Wildman–Crippen LogP) is 4.66. The van der Waals surface area contributed by atoms with E-state index in [0.717, 1.165) is 48.5 Å². The number of hydrogen-bond donors (Lipinski definition) is 0. The molecule has 0 spiro atoms. The van der Waals surface area contributed by atoms with Crippen LogP contribution in [-0.4, -0.2) is 23.0 Å². The molecule has 27 heavy (non-hydrogen) atoms. The highest BCUT2D eigenvalue weighted by molar-refractivity contribution is 5.78. The van der Waals surface area contributed by atoms with Crippen molar-refractivity contribution in [3.8, 4) is 5.75 Å². The quantitative estimate of drug-likeness (QED) is 0.748. The third-order valence-corrected chi connectivity index (χ3v) is 6.88. The molecule has 0 radical (unpaired) electrons. The predicted molar refractivity (Wildman–Crippen MR) is 102 cm³/mol. The van der Waals surface area contributed by atoms with Crippen molar-refractivity contribution in [2.45, 2.75) is 50.6 Å². The Labute approximate surface area is 160 Å². The molecule has 4 heteroatoms. The molecule has 1 amide bonds. The van der Waals surface area contributed by atoms with Crippen molar-refractivity contribution in [3.63, 3.8) is 0 Å². The summed E-state index contributed by atoms with van der Waals surface area (Å²) in [5, 5.41) is 0. The van der Waals surface area contributed by atoms with Crippen LogP contribution in [0.15, 0.2) is 53.1 Å². The Morgan fingerprint density at radius 2 is 1.67 bits per heavy atom. The van der Waals surface area contributed by atoms with Gasteiger partial charge in [0.1, 0.15) is 11.5 Å². The Bertz CT molecular complexity index is 748. The first-order valence-corrected chi connectivity index (χ1v) is 10.2. The van der Waals surface area contributed by atoms with E-state index in [9.17, 15) is 4.79 Å². The van der Waals surface area contributed by atoms with Crippen LogP contribution in [0.3, 0.4) is 0 Å². The summed E-state index contributed by atoms with van der Waals surface area (Å²) in [6.45, 7) is 0.641. The average Bonchev–Trinajstić information content (AvgIpc) is 3.17. The van der Waals surface area contributed by atoms with Crippen molar-refractivity contribution < 1.29 is 13.9 Å². The lowest BCUT2D eigenvalue weighted by Gasteiger charge is -2.60. The van der Waals surface area contributed by atoms with Crippen molar-refractivity contribution in [2.24, 2.45) is 17.8 Å². The fraction of sp³-hybridized carbons (Fsp3) is 0.522. The van der Waals surface area contributed by atoms with Crippen LogP contribution in [-0.2, 0) is 11.3 Å². The van der Waals surface area contributed by atoms with Gasteiger partial charge in [0, 0.05) is 5.54 Å². The van der Waals surface area contributed by atoms with Crippen LogP contribution in [0.5, 0.6) is 5.75 Å². The molecule has 4 nitrogen and oxygen atoms in total. The van der Waals surface area contributed by atoms with Gasteiger partial charge in [-0.05, 0) is 80.5 Å². The second-order valence-electron chi connectivity index (χ2n) is 8.80. The molecule has 6 rings (SSSR count). The van der Waals surface area contributed by atoms with E-state index in [-0.39, 0.29) is 18.1 Å². The van der Waals surface area contributed by atoms with E-state index >= 15 is 0 Å². The van der Waals surface area contributed by atoms with Crippen molar-refractivity contribution in [1.82, 2.24) is 4.90 Å². The van der Waals surface area contributed by atoms with Crippen LogP contribution in [0.1, 0.15) is 44.3 Å². The topological polar surface area (TPSA) is 42.7 Å². The summed E-state index contributed by atoms with van der Waals surface area (Å²) < 4.78 is 11.4. The fourth-order valence-corrected chi connectivity index (χ4v) is 6.21. The van der Waals surface area contributed by atoms with Gasteiger partial charge in [-0.1, -0.05) is 18.2 Å². The van der Waals surface area contributed by atoms with E-state index in [1.165, 1.54) is 19.3 Å². The van der Waals surface area contributed by atoms with Crippen LogP contribution in [0.4, 0.5) is 0 Å². The number of amides is 1. The summed E-state index contributed by atoms with van der Waals surface area (Å²) in [4.78, 5) is 15.4. The number of furan rings is 1. The summed E-state index contributed by atoms with van der Waals surface area (Å²) in [6, 6.07) is 13.5. The lowest BCUT2D eigenvalue weighted by atomic mass is 9.52. The second-order valence-corrected chi connectivity index (χ2v) is 8.80. The summed E-state index contributed by atoms with van der Waals surface area (Å²) in [5.41, 5.74) is -0.00132. The number of para-hydroxylation sites is 1. The van der Waals surface area contributed by atoms with Gasteiger partial charge in [-0.15, -0.1) is 0 Å². The van der Waals surface area contributed by atoms with Gasteiger partial charge in [0.15, 0.2) is 6.61 Å². The van der Waals surface area contributed by atoms with Gasteiger partial charge in [-0.2, -0.15) is 0 Å². The SMILES string of the molecule is O=C(COc1ccccc1)N(Cc1ccco1)C12CC3CC(CC(C3)C1)C2. The van der Waals surface area contributed by atoms with Gasteiger partial charge in [-0.3, -0.25) is 4.79 Å². The molecule has 4 aliphatic rings. The lowest BCUT2D eigenvalue weighted by molar-refractivity contribution is -0.155. The third-order valence-electron chi connectivity index (χ3n) is 6.88. The number of rotatable bonds is 6. The van der Waals surface area contributed by atoms with Crippen molar-refractivity contribution in [1.29, 1.82) is 0 Å². The monoisotopic (exact) mass is 365 g/mol. The van der Waals surface area contributed by atoms with Crippen molar-refractivity contribution >= 4 is 5.91 Å². The molecule has 1 aromatic heterocycles. The summed E-state index contributed by atoms with van der Waals surface area (Å²) in [7, 11) is 0. The molecule has 0 atom stereocenters. The maximum absolute atomic E-state index is 13.3. The maximum atomic E-state index is 13.3. The molecule has 1 aromatic carbocycles. The Balaban J connectivity index is 1.38. The van der Waals surface area contributed by atoms with E-state index in [1.54, 1.807) is 6.26 Å². The van der Waals surface area contributed by atoms with Crippen molar-refractivity contribution in [3.05, 3.63) is 54.5 Å². The van der Waals surface area contributed by atoms with E-state index in [4.69, 9.17) is 9.15 Å². The van der Waals surface area contributed by atoms with Gasteiger partial charge < -0.3 is 14.1 Å². The number of carbonyl (C=O) groups excluding carboxylic acids is 1. The minimum atomic E-state index is -0.00132. The highest BCUT2D eigenvalue weighted by Crippen LogP contribution is 2.58. The number of nitrogens with zero attached hydrogens (tertiary/aromatic N) is 1. The molecule has 142 valence electrons. The van der Waals surface area contributed by atoms with Crippen LogP contribution < -0.4 is 4.74 Å². The van der Waals surface area contributed by atoms with E-state index in [2.05, 4.69) is 4.90 Å². The normalized spacial score (nSPS) is 31.0. The average molecular weight is 365 g/mol. The smallest absolute Gasteiger partial charge is 0.261 e. The molecule has 0 aliphatic heterocycles. The van der Waals surface area contributed by atoms with Crippen LogP contribution >= 0.6 is 0 Å². The molecule has 0 N–H and O–H groups in total. The molecule has 2 aromatic rings. The molecule has 4 bridgehead atoms. The zero-order valence-electron chi connectivity index (χ0n) is 15.7. The Morgan fingerprint density at radius 3 is 2.26 bits per heavy atom. The largest absolute Gasteiger partial charge is 0.484 e. The van der Waals surface area contributed by atoms with E-state index in [0.29, 0.717) is 6.54 Å². The molecule has 0 unspecified atom stereocenters. The third kappa shape index (κ3) is 3.26. The summed E-state index contributed by atoms with van der Waals surface area (Å²) in [5.74, 6) is 4.06. The molecular weight excluding hydrogens is 338 g/mol. The van der Waals surface area contributed by atoms with Gasteiger partial charge in [0.05, 0.1) is 12.8 Å². The van der Waals surface area contributed by atoms with Gasteiger partial charge in [-0.25, -0.2) is 0 Å².